The van der Waals surface area contributed by atoms with Crippen LogP contribution in [0, 0.1) is 0 Å². The van der Waals surface area contributed by atoms with E-state index < -0.39 is 43.1 Å². The average molecular weight is 394 g/mol. The van der Waals surface area contributed by atoms with E-state index in [9.17, 15) is 34.5 Å². The molecule has 10 heteroatoms. The highest BCUT2D eigenvalue weighted by Crippen LogP contribution is 2.01. The number of alkyl carbamates (subject to hydrolysis) is 1. The van der Waals surface area contributed by atoms with Crippen molar-refractivity contribution in [1.82, 2.24) is 5.32 Å². The number of unbranched alkanes of at least 4 members (excludes halogenated alkanes) is 1. The molecule has 1 amide bonds. The molecular formula is C18H22N2O8-2. The maximum atomic E-state index is 11.6. The van der Waals surface area contributed by atoms with E-state index in [0.717, 1.165) is 5.56 Å². The molecule has 0 aromatic heterocycles. The molecule has 0 aliphatic heterocycles. The normalized spacial score (nSPS) is 11.6. The minimum Gasteiger partial charge on any atom is -0.544 e. The van der Waals surface area contributed by atoms with Crippen molar-refractivity contribution in [2.75, 3.05) is 19.6 Å². The van der Waals surface area contributed by atoms with Gasteiger partial charge in [0.25, 0.3) is 0 Å². The standard InChI is InChI=1S/C18H24N2O8/c21-15(22)10-20(11-16(23)24)14(17(25)26)8-4-5-9-19-18(27)28-12-13-6-2-1-3-7-13/h1-3,6-7,14H,4-5,8-12H2,(H,19,27)(H,21,22)(H,23,24)(H,25,26)/p-2/t14-/m0/s1. The van der Waals surface area contributed by atoms with Gasteiger partial charge in [-0.1, -0.05) is 30.3 Å². The quantitative estimate of drug-likeness (QED) is 0.317. The third-order valence-corrected chi connectivity index (χ3v) is 3.92. The van der Waals surface area contributed by atoms with Crippen LogP contribution < -0.4 is 25.5 Å². The van der Waals surface area contributed by atoms with Gasteiger partial charge in [-0.3, -0.25) is 0 Å². The maximum absolute atomic E-state index is 11.6. The lowest BCUT2D eigenvalue weighted by Crippen LogP contribution is -3.19. The molecular weight excluding hydrogens is 372 g/mol. The van der Waals surface area contributed by atoms with E-state index in [1.54, 1.807) is 12.1 Å². The predicted octanol–water partition coefficient (Wildman–Crippen LogP) is -4.41. The van der Waals surface area contributed by atoms with Gasteiger partial charge in [-0.2, -0.15) is 0 Å². The van der Waals surface area contributed by atoms with Crippen LogP contribution in [0.3, 0.4) is 0 Å². The van der Waals surface area contributed by atoms with Crippen LogP contribution in [0.1, 0.15) is 24.8 Å². The third-order valence-electron chi connectivity index (χ3n) is 3.92. The molecule has 10 nitrogen and oxygen atoms in total. The topological polar surface area (TPSA) is 163 Å². The Labute approximate surface area is 161 Å². The fourth-order valence-corrected chi connectivity index (χ4v) is 2.61. The summed E-state index contributed by atoms with van der Waals surface area (Å²) >= 11 is 0. The first-order valence-electron chi connectivity index (χ1n) is 8.69. The number of carbonyl (C=O) groups excluding carboxylic acids is 4. The molecule has 0 heterocycles. The lowest BCUT2D eigenvalue weighted by molar-refractivity contribution is -0.908. The van der Waals surface area contributed by atoms with E-state index in [1.807, 2.05) is 18.2 Å². The number of amides is 1. The van der Waals surface area contributed by atoms with Crippen molar-refractivity contribution in [3.05, 3.63) is 35.9 Å². The van der Waals surface area contributed by atoms with Crippen LogP contribution in [0.15, 0.2) is 30.3 Å². The second kappa shape index (κ2) is 12.3. The van der Waals surface area contributed by atoms with E-state index >= 15 is 0 Å². The van der Waals surface area contributed by atoms with Crippen molar-refractivity contribution in [2.24, 2.45) is 0 Å². The van der Waals surface area contributed by atoms with Crippen LogP contribution in [0.4, 0.5) is 4.79 Å². The molecule has 0 saturated carbocycles. The molecule has 0 radical (unpaired) electrons. The minimum atomic E-state index is -1.58. The number of hydrogen-bond acceptors (Lipinski definition) is 8. The highest BCUT2D eigenvalue weighted by molar-refractivity contribution is 5.72. The van der Waals surface area contributed by atoms with Gasteiger partial charge >= 0.3 is 6.09 Å². The number of rotatable bonds is 13. The van der Waals surface area contributed by atoms with Gasteiger partial charge < -0.3 is 44.7 Å². The van der Waals surface area contributed by atoms with Gasteiger partial charge in [0.05, 0.1) is 17.9 Å². The summed E-state index contributed by atoms with van der Waals surface area (Å²) in [5.74, 6) is -4.72. The molecule has 0 bridgehead atoms. The Morgan fingerprint density at radius 2 is 1.57 bits per heavy atom. The van der Waals surface area contributed by atoms with Crippen molar-refractivity contribution in [1.29, 1.82) is 0 Å². The Morgan fingerprint density at radius 3 is 2.11 bits per heavy atom. The summed E-state index contributed by atoms with van der Waals surface area (Å²) in [5.41, 5.74) is 0.832. The first-order chi connectivity index (χ1) is 13.3. The highest BCUT2D eigenvalue weighted by atomic mass is 16.5. The Morgan fingerprint density at radius 1 is 0.964 bits per heavy atom. The Balaban J connectivity index is 2.35. The molecule has 0 aliphatic carbocycles. The van der Waals surface area contributed by atoms with Gasteiger partial charge in [-0.15, -0.1) is 0 Å². The number of ether oxygens (including phenoxy) is 1. The summed E-state index contributed by atoms with van der Waals surface area (Å²) in [6.45, 7) is -1.26. The first kappa shape index (κ1) is 22.9. The van der Waals surface area contributed by atoms with Crippen LogP contribution >= 0.6 is 0 Å². The number of quaternary nitrogens is 1. The van der Waals surface area contributed by atoms with Gasteiger partial charge in [0.15, 0.2) is 0 Å². The zero-order valence-corrected chi connectivity index (χ0v) is 15.2. The van der Waals surface area contributed by atoms with Crippen molar-refractivity contribution in [2.45, 2.75) is 31.9 Å². The molecule has 0 unspecified atom stereocenters. The summed E-state index contributed by atoms with van der Waals surface area (Å²) in [6, 6.07) is 7.74. The first-order valence-corrected chi connectivity index (χ1v) is 8.69. The second-order valence-electron chi connectivity index (χ2n) is 6.11. The van der Waals surface area contributed by atoms with Gasteiger partial charge in [0.2, 0.25) is 0 Å². The summed E-state index contributed by atoms with van der Waals surface area (Å²) in [7, 11) is 0. The van der Waals surface area contributed by atoms with Crippen LogP contribution in [-0.4, -0.2) is 49.7 Å². The predicted molar refractivity (Wildman–Crippen MR) is 88.0 cm³/mol. The summed E-state index contributed by atoms with van der Waals surface area (Å²) in [6.07, 6.45) is 0.0235. The molecule has 1 rings (SSSR count). The Kier molecular flexibility index (Phi) is 10.0. The number of carboxylic acid groups (broad SMARTS) is 3. The zero-order chi connectivity index (χ0) is 20.9. The lowest BCUT2D eigenvalue weighted by atomic mass is 10.1. The van der Waals surface area contributed by atoms with E-state index in [2.05, 4.69) is 5.32 Å². The molecule has 0 fully saturated rings. The molecule has 1 aromatic rings. The minimum absolute atomic E-state index is 0.0288. The van der Waals surface area contributed by atoms with Gasteiger partial charge in [-0.05, 0) is 18.4 Å². The number of aliphatic carboxylic acids is 3. The fraction of sp³-hybridized carbons (Fsp3) is 0.444. The molecule has 0 saturated heterocycles. The van der Waals surface area contributed by atoms with E-state index in [0.29, 0.717) is 12.8 Å². The van der Waals surface area contributed by atoms with Crippen LogP contribution in [-0.2, 0) is 25.7 Å². The number of nitrogens with one attached hydrogen (secondary N) is 2. The van der Waals surface area contributed by atoms with Crippen molar-refractivity contribution < 1.29 is 44.1 Å². The van der Waals surface area contributed by atoms with Gasteiger partial charge in [0.1, 0.15) is 25.7 Å². The molecule has 1 aromatic carbocycles. The molecule has 28 heavy (non-hydrogen) atoms. The molecule has 0 spiro atoms. The molecule has 0 aliphatic rings. The van der Waals surface area contributed by atoms with E-state index in [1.165, 1.54) is 0 Å². The lowest BCUT2D eigenvalue weighted by Gasteiger charge is -2.30. The fourth-order valence-electron chi connectivity index (χ4n) is 2.61. The molecule has 1 atom stereocenters. The van der Waals surface area contributed by atoms with Crippen molar-refractivity contribution >= 4 is 24.0 Å². The number of carboxylic acids is 3. The van der Waals surface area contributed by atoms with Crippen LogP contribution in [0.2, 0.25) is 0 Å². The largest absolute Gasteiger partial charge is 0.544 e. The molecule has 154 valence electrons. The monoisotopic (exact) mass is 394 g/mol. The van der Waals surface area contributed by atoms with Crippen LogP contribution in [0.25, 0.3) is 0 Å². The maximum Gasteiger partial charge on any atom is 0.407 e. The smallest absolute Gasteiger partial charge is 0.407 e. The number of carbonyl (C=O) groups is 4. The Bertz CT molecular complexity index is 649. The second-order valence-corrected chi connectivity index (χ2v) is 6.11. The van der Waals surface area contributed by atoms with Gasteiger partial charge in [0, 0.05) is 13.0 Å². The van der Waals surface area contributed by atoms with Gasteiger partial charge in [-0.25, -0.2) is 4.79 Å². The van der Waals surface area contributed by atoms with E-state index in [4.69, 9.17) is 4.74 Å². The highest BCUT2D eigenvalue weighted by Gasteiger charge is 2.23. The summed E-state index contributed by atoms with van der Waals surface area (Å²) < 4.78 is 5.02. The zero-order valence-electron chi connectivity index (χ0n) is 15.2. The van der Waals surface area contributed by atoms with Crippen LogP contribution in [0.5, 0.6) is 0 Å². The third kappa shape index (κ3) is 9.53. The molecule has 2 N–H and O–H groups in total. The van der Waals surface area contributed by atoms with Crippen molar-refractivity contribution in [3.8, 4) is 0 Å². The SMILES string of the molecule is O=C([O-])C[NH+](CC(=O)[O-])[C@@H](CCCCNC(=O)OCc1ccccc1)C(=O)[O-]. The Hall–Kier alpha value is -3.14. The number of benzene rings is 1. The van der Waals surface area contributed by atoms with E-state index in [-0.39, 0.29) is 24.5 Å². The average Bonchev–Trinajstić information content (AvgIpc) is 2.62. The summed E-state index contributed by atoms with van der Waals surface area (Å²) in [4.78, 5) is 44.0. The van der Waals surface area contributed by atoms with Crippen molar-refractivity contribution in [3.63, 3.8) is 0 Å². The number of hydrogen-bond donors (Lipinski definition) is 2. The summed E-state index contributed by atoms with van der Waals surface area (Å²) in [5, 5.41) is 35.2.